The Kier molecular flexibility index (Phi) is 6.78. The molecule has 2 N–H and O–H groups in total. The zero-order valence-corrected chi connectivity index (χ0v) is 13.2. The number of furan rings is 1. The van der Waals surface area contributed by atoms with E-state index in [0.717, 1.165) is 0 Å². The van der Waals surface area contributed by atoms with Crippen LogP contribution in [-0.2, 0) is 11.3 Å². The zero-order chi connectivity index (χ0) is 15.8. The summed E-state index contributed by atoms with van der Waals surface area (Å²) in [5.41, 5.74) is 0. The van der Waals surface area contributed by atoms with Crippen molar-refractivity contribution in [2.45, 2.75) is 40.3 Å². The molecule has 0 saturated heterocycles. The molecule has 6 heteroatoms. The lowest BCUT2D eigenvalue weighted by atomic mass is 10.0. The van der Waals surface area contributed by atoms with Crippen LogP contribution in [0.5, 0.6) is 0 Å². The quantitative estimate of drug-likeness (QED) is 0.807. The van der Waals surface area contributed by atoms with Crippen molar-refractivity contribution in [2.75, 3.05) is 13.1 Å². The van der Waals surface area contributed by atoms with E-state index in [1.807, 2.05) is 27.7 Å². The molecule has 0 bridgehead atoms. The van der Waals surface area contributed by atoms with Crippen molar-refractivity contribution in [2.24, 2.45) is 5.92 Å². The van der Waals surface area contributed by atoms with Crippen LogP contribution in [-0.4, -0.2) is 36.0 Å². The van der Waals surface area contributed by atoms with Crippen LogP contribution in [0.3, 0.4) is 0 Å². The molecule has 3 amide bonds. The van der Waals surface area contributed by atoms with Gasteiger partial charge < -0.3 is 20.0 Å². The second-order valence-electron chi connectivity index (χ2n) is 5.14. The highest BCUT2D eigenvalue weighted by Gasteiger charge is 2.25. The van der Waals surface area contributed by atoms with Gasteiger partial charge in [0.2, 0.25) is 5.91 Å². The molecule has 0 aliphatic rings. The fraction of sp³-hybridized carbons (Fsp3) is 0.600. The van der Waals surface area contributed by atoms with Gasteiger partial charge in [0, 0.05) is 13.1 Å². The molecule has 0 saturated carbocycles. The Hall–Kier alpha value is -1.98. The molecule has 1 heterocycles. The minimum absolute atomic E-state index is 0.00103. The number of carbonyl (C=O) groups is 2. The van der Waals surface area contributed by atoms with Crippen LogP contribution in [0.1, 0.15) is 33.5 Å². The molecule has 0 aromatic carbocycles. The zero-order valence-electron chi connectivity index (χ0n) is 13.2. The number of amides is 3. The maximum atomic E-state index is 12.2. The number of rotatable bonds is 7. The van der Waals surface area contributed by atoms with Crippen molar-refractivity contribution < 1.29 is 14.0 Å². The molecule has 0 aliphatic heterocycles. The average molecular weight is 295 g/mol. The number of hydrogen-bond acceptors (Lipinski definition) is 3. The Balaban J connectivity index is 2.59. The van der Waals surface area contributed by atoms with Gasteiger partial charge in [0.15, 0.2) is 0 Å². The fourth-order valence-corrected chi connectivity index (χ4v) is 1.97. The van der Waals surface area contributed by atoms with Crippen molar-refractivity contribution in [3.8, 4) is 0 Å². The maximum absolute atomic E-state index is 12.2. The second kappa shape index (κ2) is 8.34. The van der Waals surface area contributed by atoms with E-state index in [-0.39, 0.29) is 17.9 Å². The lowest BCUT2D eigenvalue weighted by Crippen LogP contribution is -2.53. The Morgan fingerprint density at radius 2 is 1.95 bits per heavy atom. The summed E-state index contributed by atoms with van der Waals surface area (Å²) in [7, 11) is 0. The first-order chi connectivity index (χ1) is 9.99. The van der Waals surface area contributed by atoms with Crippen LogP contribution in [0.15, 0.2) is 22.8 Å². The van der Waals surface area contributed by atoms with Gasteiger partial charge in [-0.05, 0) is 31.9 Å². The number of urea groups is 1. The van der Waals surface area contributed by atoms with Gasteiger partial charge in [-0.25, -0.2) is 4.79 Å². The molecule has 1 atom stereocenters. The predicted octanol–water partition coefficient (Wildman–Crippen LogP) is 1.97. The Labute approximate surface area is 125 Å². The number of carbonyl (C=O) groups excluding carboxylic acids is 2. The summed E-state index contributed by atoms with van der Waals surface area (Å²) in [5.74, 6) is 0.476. The molecule has 6 nitrogen and oxygen atoms in total. The van der Waals surface area contributed by atoms with Gasteiger partial charge in [0.1, 0.15) is 11.8 Å². The minimum atomic E-state index is -0.562. The third-order valence-electron chi connectivity index (χ3n) is 3.30. The van der Waals surface area contributed by atoms with Crippen molar-refractivity contribution in [1.29, 1.82) is 0 Å². The van der Waals surface area contributed by atoms with E-state index in [4.69, 9.17) is 4.42 Å². The average Bonchev–Trinajstić information content (AvgIpc) is 2.96. The van der Waals surface area contributed by atoms with Gasteiger partial charge in [-0.3, -0.25) is 4.79 Å². The largest absolute Gasteiger partial charge is 0.467 e. The number of nitrogens with one attached hydrogen (secondary N) is 2. The summed E-state index contributed by atoms with van der Waals surface area (Å²) in [6.45, 7) is 9.16. The lowest BCUT2D eigenvalue weighted by molar-refractivity contribution is -0.124. The van der Waals surface area contributed by atoms with Crippen LogP contribution in [0, 0.1) is 5.92 Å². The molecule has 0 unspecified atom stereocenters. The molecular weight excluding hydrogens is 270 g/mol. The van der Waals surface area contributed by atoms with Gasteiger partial charge in [0.25, 0.3) is 0 Å². The highest BCUT2D eigenvalue weighted by Crippen LogP contribution is 2.05. The monoisotopic (exact) mass is 295 g/mol. The minimum Gasteiger partial charge on any atom is -0.467 e. The highest BCUT2D eigenvalue weighted by atomic mass is 16.3. The van der Waals surface area contributed by atoms with E-state index in [0.29, 0.717) is 25.4 Å². The van der Waals surface area contributed by atoms with Crippen molar-refractivity contribution in [1.82, 2.24) is 15.5 Å². The summed E-state index contributed by atoms with van der Waals surface area (Å²) >= 11 is 0. The van der Waals surface area contributed by atoms with E-state index in [9.17, 15) is 9.59 Å². The molecule has 0 fully saturated rings. The Bertz CT molecular complexity index is 439. The van der Waals surface area contributed by atoms with Crippen LogP contribution in [0.4, 0.5) is 4.79 Å². The fourth-order valence-electron chi connectivity index (χ4n) is 1.97. The van der Waals surface area contributed by atoms with Crippen molar-refractivity contribution in [3.05, 3.63) is 24.2 Å². The van der Waals surface area contributed by atoms with Gasteiger partial charge in [-0.2, -0.15) is 0 Å². The van der Waals surface area contributed by atoms with E-state index in [2.05, 4.69) is 10.6 Å². The van der Waals surface area contributed by atoms with E-state index < -0.39 is 6.04 Å². The van der Waals surface area contributed by atoms with Crippen molar-refractivity contribution >= 4 is 11.9 Å². The molecule has 21 heavy (non-hydrogen) atoms. The summed E-state index contributed by atoms with van der Waals surface area (Å²) in [5, 5.41) is 5.57. The van der Waals surface area contributed by atoms with E-state index in [1.54, 1.807) is 23.3 Å². The summed E-state index contributed by atoms with van der Waals surface area (Å²) in [6, 6.07) is 2.78. The molecule has 0 spiro atoms. The number of hydrogen-bond donors (Lipinski definition) is 2. The third-order valence-corrected chi connectivity index (χ3v) is 3.30. The number of nitrogens with zero attached hydrogens (tertiary/aromatic N) is 1. The van der Waals surface area contributed by atoms with E-state index >= 15 is 0 Å². The normalized spacial score (nSPS) is 12.0. The van der Waals surface area contributed by atoms with Crippen LogP contribution in [0.2, 0.25) is 0 Å². The molecule has 1 rings (SSSR count). The van der Waals surface area contributed by atoms with Gasteiger partial charge >= 0.3 is 6.03 Å². The third kappa shape index (κ3) is 5.13. The Morgan fingerprint density at radius 1 is 1.29 bits per heavy atom. The first kappa shape index (κ1) is 17.1. The maximum Gasteiger partial charge on any atom is 0.318 e. The van der Waals surface area contributed by atoms with Gasteiger partial charge in [-0.1, -0.05) is 13.8 Å². The first-order valence-electron chi connectivity index (χ1n) is 7.35. The van der Waals surface area contributed by atoms with Gasteiger partial charge in [0.05, 0.1) is 12.8 Å². The van der Waals surface area contributed by atoms with Crippen molar-refractivity contribution in [3.63, 3.8) is 0 Å². The second-order valence-corrected chi connectivity index (χ2v) is 5.14. The van der Waals surface area contributed by atoms with E-state index in [1.165, 1.54) is 0 Å². The molecule has 1 aromatic heterocycles. The molecule has 0 aliphatic carbocycles. The molecular formula is C15H25N3O3. The summed E-state index contributed by atoms with van der Waals surface area (Å²) in [4.78, 5) is 26.0. The predicted molar refractivity (Wildman–Crippen MR) is 80.6 cm³/mol. The molecule has 1 aromatic rings. The summed E-state index contributed by atoms with van der Waals surface area (Å²) in [6.07, 6.45) is 1.56. The first-order valence-corrected chi connectivity index (χ1v) is 7.35. The standard InChI is InChI=1S/C15H25N3O3/c1-5-18(6-2)15(20)17-13(11(3)4)14(19)16-10-12-8-7-9-21-12/h7-9,11,13H,5-6,10H2,1-4H3,(H,16,19)(H,17,20)/t13-/m1/s1. The van der Waals surface area contributed by atoms with Crippen LogP contribution < -0.4 is 10.6 Å². The van der Waals surface area contributed by atoms with Crippen LogP contribution >= 0.6 is 0 Å². The molecule has 118 valence electrons. The lowest BCUT2D eigenvalue weighted by Gasteiger charge is -2.26. The Morgan fingerprint density at radius 3 is 2.43 bits per heavy atom. The van der Waals surface area contributed by atoms with Crippen LogP contribution in [0.25, 0.3) is 0 Å². The topological polar surface area (TPSA) is 74.6 Å². The smallest absolute Gasteiger partial charge is 0.318 e. The molecule has 0 radical (unpaired) electrons. The summed E-state index contributed by atoms with van der Waals surface area (Å²) < 4.78 is 5.17. The van der Waals surface area contributed by atoms with Gasteiger partial charge in [-0.15, -0.1) is 0 Å². The highest BCUT2D eigenvalue weighted by molar-refractivity contribution is 5.87. The SMILES string of the molecule is CCN(CC)C(=O)N[C@@H](C(=O)NCc1ccco1)C(C)C.